The van der Waals surface area contributed by atoms with Crippen LogP contribution in [0.4, 0.5) is 0 Å². The number of unbranched alkanes of at least 4 members (excludes halogenated alkanes) is 6. The van der Waals surface area contributed by atoms with Gasteiger partial charge in [-0.05, 0) is 43.8 Å². The summed E-state index contributed by atoms with van der Waals surface area (Å²) in [6.45, 7) is 16.3. The van der Waals surface area contributed by atoms with E-state index >= 15 is 0 Å². The molecule has 158 valence electrons. The lowest BCUT2D eigenvalue weighted by Gasteiger charge is -2.39. The van der Waals surface area contributed by atoms with Crippen molar-refractivity contribution < 1.29 is 9.53 Å². The first kappa shape index (κ1) is 26.1. The zero-order valence-corrected chi connectivity index (χ0v) is 20.2. The van der Waals surface area contributed by atoms with Crippen LogP contribution < -0.4 is 0 Å². The molecule has 0 amide bonds. The van der Waals surface area contributed by atoms with E-state index in [0.717, 1.165) is 19.3 Å². The molecular weight excluding hydrogens is 336 g/mol. The normalized spacial score (nSPS) is 15.2. The lowest BCUT2D eigenvalue weighted by atomic mass is 10.0. The third-order valence-electron chi connectivity index (χ3n) is 6.10. The van der Waals surface area contributed by atoms with Gasteiger partial charge in [-0.25, -0.2) is 0 Å². The minimum atomic E-state index is -1.67. The third-order valence-corrected chi connectivity index (χ3v) is 10.6. The van der Waals surface area contributed by atoms with Crippen molar-refractivity contribution in [3.05, 3.63) is 0 Å². The molecule has 0 spiro atoms. The summed E-state index contributed by atoms with van der Waals surface area (Å²) in [5.41, 5.74) is 0. The summed E-state index contributed by atoms with van der Waals surface area (Å²) in [6, 6.07) is 0. The van der Waals surface area contributed by atoms with Crippen molar-refractivity contribution in [2.24, 2.45) is 0 Å². The van der Waals surface area contributed by atoms with Gasteiger partial charge in [-0.15, -0.1) is 0 Å². The van der Waals surface area contributed by atoms with Gasteiger partial charge in [-0.1, -0.05) is 92.4 Å². The molecule has 0 aliphatic heterocycles. The van der Waals surface area contributed by atoms with Crippen LogP contribution in [0.2, 0.25) is 18.1 Å². The highest BCUT2D eigenvalue weighted by molar-refractivity contribution is 6.74. The second-order valence-corrected chi connectivity index (χ2v) is 14.5. The molecule has 0 bridgehead atoms. The highest BCUT2D eigenvalue weighted by atomic mass is 28.4. The zero-order chi connectivity index (χ0) is 20.1. The summed E-state index contributed by atoms with van der Waals surface area (Å²) < 4.78 is 6.73. The van der Waals surface area contributed by atoms with Crippen molar-refractivity contribution in [2.75, 3.05) is 0 Å². The van der Waals surface area contributed by atoms with Crippen LogP contribution in [0.25, 0.3) is 0 Å². The van der Waals surface area contributed by atoms with Gasteiger partial charge in [-0.3, -0.25) is 0 Å². The summed E-state index contributed by atoms with van der Waals surface area (Å²) in [6.07, 6.45) is 16.0. The molecule has 0 saturated carbocycles. The van der Waals surface area contributed by atoms with Gasteiger partial charge in [0.15, 0.2) is 8.32 Å². The first-order valence-corrected chi connectivity index (χ1v) is 14.4. The van der Waals surface area contributed by atoms with E-state index in [9.17, 15) is 5.11 Å². The minimum absolute atomic E-state index is 0.0783. The molecule has 0 rings (SSSR count). The number of aliphatic hydroxyl groups excluding tert-OH is 1. The van der Waals surface area contributed by atoms with Crippen molar-refractivity contribution in [3.63, 3.8) is 0 Å². The van der Waals surface area contributed by atoms with Gasteiger partial charge >= 0.3 is 0 Å². The smallest absolute Gasteiger partial charge is 0.192 e. The van der Waals surface area contributed by atoms with Crippen LogP contribution in [-0.2, 0) is 4.43 Å². The second kappa shape index (κ2) is 14.2. The Hall–Kier alpha value is 0.137. The first-order chi connectivity index (χ1) is 12.1. The summed E-state index contributed by atoms with van der Waals surface area (Å²) in [5.74, 6) is 0. The summed E-state index contributed by atoms with van der Waals surface area (Å²) in [7, 11) is -1.67. The quantitative estimate of drug-likeness (QED) is 0.216. The van der Waals surface area contributed by atoms with Crippen molar-refractivity contribution >= 4 is 8.32 Å². The van der Waals surface area contributed by atoms with Gasteiger partial charge in [-0.2, -0.15) is 0 Å². The fourth-order valence-corrected chi connectivity index (χ4v) is 4.60. The maximum absolute atomic E-state index is 10.1. The lowest BCUT2D eigenvalue weighted by molar-refractivity contribution is 0.142. The molecule has 0 aliphatic rings. The van der Waals surface area contributed by atoms with Crippen LogP contribution in [-0.4, -0.2) is 25.6 Å². The molecule has 0 saturated heterocycles. The van der Waals surface area contributed by atoms with Crippen LogP contribution in [0.15, 0.2) is 0 Å². The molecule has 26 heavy (non-hydrogen) atoms. The van der Waals surface area contributed by atoms with Crippen molar-refractivity contribution in [1.29, 1.82) is 0 Å². The molecule has 0 heterocycles. The molecular formula is C23H50O2Si. The zero-order valence-electron chi connectivity index (χ0n) is 19.2. The molecule has 0 aromatic heterocycles. The molecule has 0 aromatic carbocycles. The monoisotopic (exact) mass is 386 g/mol. The largest absolute Gasteiger partial charge is 0.414 e. The fourth-order valence-electron chi connectivity index (χ4n) is 3.18. The van der Waals surface area contributed by atoms with Gasteiger partial charge in [0.05, 0.1) is 6.10 Å². The molecule has 0 aliphatic carbocycles. The summed E-state index contributed by atoms with van der Waals surface area (Å²) >= 11 is 0. The van der Waals surface area contributed by atoms with Crippen LogP contribution in [0.5, 0.6) is 0 Å². The van der Waals surface area contributed by atoms with E-state index in [1.807, 2.05) is 0 Å². The SMILES string of the molecule is CCCCC[C@H](O)CCCCC[C@H](CCCCC)O[Si](C)(C)C(C)(C)C. The number of hydrogen-bond donors (Lipinski definition) is 1. The lowest BCUT2D eigenvalue weighted by Crippen LogP contribution is -2.44. The fraction of sp³-hybridized carbons (Fsp3) is 1.00. The average Bonchev–Trinajstić information content (AvgIpc) is 2.53. The van der Waals surface area contributed by atoms with Crippen LogP contribution in [0, 0.1) is 0 Å². The van der Waals surface area contributed by atoms with E-state index in [2.05, 4.69) is 47.7 Å². The minimum Gasteiger partial charge on any atom is -0.414 e. The molecule has 2 nitrogen and oxygen atoms in total. The Kier molecular flexibility index (Phi) is 14.3. The summed E-state index contributed by atoms with van der Waals surface area (Å²) in [4.78, 5) is 0. The molecule has 0 radical (unpaired) electrons. The van der Waals surface area contributed by atoms with Gasteiger partial charge in [0.25, 0.3) is 0 Å². The standard InChI is InChI=1S/C23H50O2Si/c1-8-10-13-17-21(24)18-15-12-16-20-22(19-14-11-9-2)25-26(6,7)23(3,4)5/h21-22,24H,8-20H2,1-7H3/t21-,22-/m0/s1. The first-order valence-electron chi connectivity index (χ1n) is 11.5. The van der Waals surface area contributed by atoms with Gasteiger partial charge in [0.2, 0.25) is 0 Å². The topological polar surface area (TPSA) is 29.5 Å². The van der Waals surface area contributed by atoms with E-state index in [0.29, 0.717) is 11.1 Å². The molecule has 3 heteroatoms. The van der Waals surface area contributed by atoms with Crippen molar-refractivity contribution in [3.8, 4) is 0 Å². The Bertz CT molecular complexity index is 323. The Balaban J connectivity index is 4.19. The van der Waals surface area contributed by atoms with Gasteiger partial charge in [0, 0.05) is 6.10 Å². The average molecular weight is 387 g/mol. The molecule has 0 fully saturated rings. The predicted octanol–water partition coefficient (Wildman–Crippen LogP) is 7.85. The van der Waals surface area contributed by atoms with E-state index in [1.54, 1.807) is 0 Å². The van der Waals surface area contributed by atoms with Crippen LogP contribution in [0.1, 0.15) is 118 Å². The van der Waals surface area contributed by atoms with E-state index in [-0.39, 0.29) is 6.10 Å². The Morgan fingerprint density at radius 3 is 1.62 bits per heavy atom. The Labute approximate surface area is 166 Å². The van der Waals surface area contributed by atoms with E-state index < -0.39 is 8.32 Å². The third kappa shape index (κ3) is 12.5. The molecule has 1 N–H and O–H groups in total. The maximum Gasteiger partial charge on any atom is 0.192 e. The van der Waals surface area contributed by atoms with Crippen molar-refractivity contribution in [1.82, 2.24) is 0 Å². The highest BCUT2D eigenvalue weighted by Crippen LogP contribution is 2.38. The van der Waals surface area contributed by atoms with Crippen molar-refractivity contribution in [2.45, 2.75) is 148 Å². The number of rotatable bonds is 16. The van der Waals surface area contributed by atoms with E-state index in [1.165, 1.54) is 64.2 Å². The molecule has 0 aromatic rings. The highest BCUT2D eigenvalue weighted by Gasteiger charge is 2.38. The van der Waals surface area contributed by atoms with Crippen LogP contribution >= 0.6 is 0 Å². The molecule has 0 unspecified atom stereocenters. The predicted molar refractivity (Wildman–Crippen MR) is 119 cm³/mol. The molecule has 2 atom stereocenters. The van der Waals surface area contributed by atoms with Gasteiger partial charge < -0.3 is 9.53 Å². The number of hydrogen-bond acceptors (Lipinski definition) is 2. The number of aliphatic hydroxyl groups is 1. The van der Waals surface area contributed by atoms with E-state index in [4.69, 9.17) is 4.43 Å². The Morgan fingerprint density at radius 2 is 1.15 bits per heavy atom. The van der Waals surface area contributed by atoms with Crippen LogP contribution in [0.3, 0.4) is 0 Å². The van der Waals surface area contributed by atoms with Gasteiger partial charge in [0.1, 0.15) is 0 Å². The Morgan fingerprint density at radius 1 is 0.731 bits per heavy atom. The second-order valence-electron chi connectivity index (χ2n) is 9.78. The summed E-state index contributed by atoms with van der Waals surface area (Å²) in [5, 5.41) is 10.3. The maximum atomic E-state index is 10.1.